The Morgan fingerprint density at radius 1 is 0.284 bits per heavy atom. The Hall–Kier alpha value is -6.29. The van der Waals surface area contributed by atoms with Gasteiger partial charge in [0.25, 0.3) is 0 Å². The lowest BCUT2D eigenvalue weighted by Crippen LogP contribution is -2.46. The van der Waals surface area contributed by atoms with Crippen LogP contribution >= 0.6 is 63.0 Å². The van der Waals surface area contributed by atoms with Crippen LogP contribution in [0.1, 0.15) is 217 Å². The zero-order valence-corrected chi connectivity index (χ0v) is 91.1. The Balaban J connectivity index is 0.000000316. The van der Waals surface area contributed by atoms with Gasteiger partial charge in [0.15, 0.2) is 0 Å². The van der Waals surface area contributed by atoms with Crippen LogP contribution in [0.25, 0.3) is 0 Å². The van der Waals surface area contributed by atoms with E-state index in [1.807, 2.05) is 236 Å². The molecule has 0 fully saturated rings. The van der Waals surface area contributed by atoms with Crippen molar-refractivity contribution in [3.63, 3.8) is 0 Å². The van der Waals surface area contributed by atoms with Crippen LogP contribution < -0.4 is 4.74 Å². The Labute approximate surface area is 831 Å². The number of carbonyl (C=O) groups excluding carboxylic acids is 4. The molecule has 0 spiro atoms. The molecule has 0 amide bonds. The van der Waals surface area contributed by atoms with Crippen LogP contribution in [-0.2, 0) is 118 Å². The van der Waals surface area contributed by atoms with Gasteiger partial charge in [0.1, 0.15) is 32.2 Å². The topological polar surface area (TPSA) is 225 Å². The van der Waals surface area contributed by atoms with Gasteiger partial charge in [-0.2, -0.15) is 47.0 Å². The molecule has 0 aliphatic heterocycles. The molecule has 4 unspecified atom stereocenters. The summed E-state index contributed by atoms with van der Waals surface area (Å²) in [6.07, 6.45) is 4.86. The first-order valence-corrected chi connectivity index (χ1v) is 60.2. The second-order valence-corrected chi connectivity index (χ2v) is 47.9. The minimum absolute atomic E-state index is 0.0333. The van der Waals surface area contributed by atoms with Crippen molar-refractivity contribution in [1.82, 2.24) is 0 Å². The molecule has 8 rings (SSSR count). The molecule has 740 valence electrons. The number of methoxy groups -OCH3 is 1. The van der Waals surface area contributed by atoms with E-state index in [4.69, 9.17) is 76.8 Å². The third kappa shape index (κ3) is 47.6. The molecule has 8 aromatic carbocycles. The summed E-state index contributed by atoms with van der Waals surface area (Å²) < 4.78 is 100. The van der Waals surface area contributed by atoms with Crippen molar-refractivity contribution in [2.24, 2.45) is 0 Å². The van der Waals surface area contributed by atoms with Crippen LogP contribution in [0.5, 0.6) is 5.75 Å². The monoisotopic (exact) mass is 2050 g/mol. The van der Waals surface area contributed by atoms with Gasteiger partial charge >= 0.3 is 59.1 Å². The lowest BCUT2D eigenvalue weighted by Gasteiger charge is -2.28. The fourth-order valence-electron chi connectivity index (χ4n) is 14.2. The second kappa shape index (κ2) is 70.3. The summed E-state index contributed by atoms with van der Waals surface area (Å²) in [7, 11) is -8.93. The number of ether oxygens (including phenoxy) is 5. The summed E-state index contributed by atoms with van der Waals surface area (Å²) in [6.45, 7) is 37.9. The number of halogens is 1. The molecule has 4 atom stereocenters. The van der Waals surface area contributed by atoms with Crippen LogP contribution in [-0.4, -0.2) is 168 Å². The molecule has 0 saturated heterocycles. The normalized spacial score (nSPS) is 12.5. The van der Waals surface area contributed by atoms with Crippen molar-refractivity contribution in [2.45, 2.75) is 227 Å². The zero-order valence-electron chi connectivity index (χ0n) is 82.2. The van der Waals surface area contributed by atoms with E-state index < -0.39 is 35.2 Å². The minimum Gasteiger partial charge on any atom is -0.496 e. The number of benzene rings is 8. The average molecular weight is 2060 g/mol. The van der Waals surface area contributed by atoms with Gasteiger partial charge in [0, 0.05) is 129 Å². The summed E-state index contributed by atoms with van der Waals surface area (Å²) >= 11 is 10.5. The number of rotatable bonds is 65. The molecule has 0 aliphatic carbocycles. The molecule has 30 heteroatoms. The zero-order chi connectivity index (χ0) is 97.3. The molecule has 0 aromatic heterocycles. The van der Waals surface area contributed by atoms with Gasteiger partial charge in [-0.15, -0.1) is 0 Å². The third-order valence-electron chi connectivity index (χ3n) is 20.5. The Bertz CT molecular complexity index is 4190. The molecule has 0 radical (unpaired) electrons. The number of esters is 4. The van der Waals surface area contributed by atoms with Gasteiger partial charge in [-0.25, -0.2) is 0 Å². The van der Waals surface area contributed by atoms with Crippen LogP contribution in [0, 0.1) is 20.8 Å². The van der Waals surface area contributed by atoms with E-state index in [2.05, 4.69) is 96.5 Å². The van der Waals surface area contributed by atoms with E-state index in [0.717, 1.165) is 133 Å². The highest BCUT2D eigenvalue weighted by molar-refractivity contribution is 9.10. The van der Waals surface area contributed by atoms with Crippen molar-refractivity contribution in [3.05, 3.63) is 278 Å². The maximum absolute atomic E-state index is 12.7. The molecule has 0 saturated carbocycles. The molecular weight excluding hydrogens is 1910 g/mol. The fraction of sp³-hybridized carbons (Fsp3) is 0.500. The van der Waals surface area contributed by atoms with E-state index in [0.29, 0.717) is 112 Å². The summed E-state index contributed by atoms with van der Waals surface area (Å²) in [6, 6.07) is 73.2. The highest BCUT2D eigenvalue weighted by Gasteiger charge is 2.43. The first-order chi connectivity index (χ1) is 65.0. The van der Waals surface area contributed by atoms with Gasteiger partial charge in [-0.3, -0.25) is 19.2 Å². The van der Waals surface area contributed by atoms with Crippen molar-refractivity contribution in [2.75, 3.05) is 109 Å². The molecule has 0 heterocycles. The van der Waals surface area contributed by atoms with Crippen molar-refractivity contribution in [1.29, 1.82) is 0 Å². The van der Waals surface area contributed by atoms with E-state index >= 15 is 0 Å². The quantitative estimate of drug-likeness (QED) is 0.0149. The minimum atomic E-state index is -2.68. The maximum Gasteiger partial charge on any atom is 0.500 e. The summed E-state index contributed by atoms with van der Waals surface area (Å²) in [5.41, 5.74) is 11.9. The van der Waals surface area contributed by atoms with Gasteiger partial charge in [-0.1, -0.05) is 221 Å². The van der Waals surface area contributed by atoms with Gasteiger partial charge < -0.3 is 76.8 Å². The molecule has 0 aliphatic rings. The van der Waals surface area contributed by atoms with E-state index in [1.54, 1.807) is 54.2 Å². The lowest BCUT2D eigenvalue weighted by molar-refractivity contribution is -0.145. The number of carbonyl (C=O) groups is 4. The maximum atomic E-state index is 12.7. The number of hydrogen-bond donors (Lipinski definition) is 0. The molecule has 8 aromatic rings. The standard InChI is InChI=1S/C27H40O6SSi.2C26H38O5SSi.C25H35BrO5SSi/c1-6-31-35(32-7-2,33-8-3)18-12-17-34-26(24-16-15-22(4)25(19-24)29-5)20-27(28)30-21-23-13-10-9-11-14-23;2*1-5-29-33(30-6-2,31-7-3)19-11-18-32-25(24-16-14-22(4)15-17-24)20-26(27)28-21-23-12-9-8-10-13-23;1-4-29-33(30-5-2,31-6-3)18-10-17-32-24(22-11-8-7-9-12-22)19-25(27)28-20-21-13-15-23(26)16-14-21/h9-11,13-16,19,26H,6-8,12,17-18,20-21H2,1-5H3;2*8-10,12-17,25H,5-7,11,18-21H2,1-4H3;7-9,11-16,24H,4-6,10,17-20H2,1-3H3. The van der Waals surface area contributed by atoms with Gasteiger partial charge in [-0.05, 0) is 221 Å². The molecule has 0 bridgehead atoms. The van der Waals surface area contributed by atoms with Crippen LogP contribution in [0.3, 0.4) is 0 Å². The van der Waals surface area contributed by atoms with Crippen molar-refractivity contribution in [3.8, 4) is 5.75 Å². The first kappa shape index (κ1) is 118. The lowest BCUT2D eigenvalue weighted by atomic mass is 10.1. The third-order valence-corrected chi connectivity index (χ3v) is 39.1. The van der Waals surface area contributed by atoms with E-state index in [1.165, 1.54) is 11.1 Å². The summed E-state index contributed by atoms with van der Waals surface area (Å²) in [4.78, 5) is 50.6. The smallest absolute Gasteiger partial charge is 0.496 e. The molecule has 134 heavy (non-hydrogen) atoms. The Morgan fingerprint density at radius 3 is 0.754 bits per heavy atom. The first-order valence-electron chi connectivity index (χ1n) is 47.5. The predicted octanol–water partition coefficient (Wildman–Crippen LogP) is 25.8. The van der Waals surface area contributed by atoms with Crippen LogP contribution in [0.2, 0.25) is 24.2 Å². The highest BCUT2D eigenvalue weighted by atomic mass is 79.9. The molecule has 21 nitrogen and oxygen atoms in total. The summed E-state index contributed by atoms with van der Waals surface area (Å²) in [5, 5.41) is 0.0635. The van der Waals surface area contributed by atoms with Gasteiger partial charge in [0.2, 0.25) is 0 Å². The number of hydrogen-bond acceptors (Lipinski definition) is 25. The van der Waals surface area contributed by atoms with Crippen molar-refractivity contribution < 1.29 is 96.0 Å². The van der Waals surface area contributed by atoms with E-state index in [9.17, 15) is 19.2 Å². The largest absolute Gasteiger partial charge is 0.500 e. The molecule has 0 N–H and O–H groups in total. The SMILES string of the molecule is CCO[Si](CCCSC(CC(=O)OCc1ccc(Br)cc1)c1ccccc1)(OCC)OCC.CCO[Si](CCCSC(CC(=O)OCc1ccccc1)c1ccc(C)c(OC)c1)(OCC)OCC.CCO[Si](CCCSC(CC(=O)OCc1ccccc1)c1ccc(C)cc1)(OCC)OCC.CCO[Si](CCCSC(CC(=O)OCc1ccccc1)c1ccc(C)cc1)(OCC)OCC. The van der Waals surface area contributed by atoms with Crippen molar-refractivity contribution >= 4 is 122 Å². The fourth-order valence-corrected chi connectivity index (χ4v) is 30.7. The average Bonchev–Trinajstić information content (AvgIpc) is 0.832. The highest BCUT2D eigenvalue weighted by Crippen LogP contribution is 2.40. The molecular formula is C104H151BrO21S4Si4. The van der Waals surface area contributed by atoms with Crippen LogP contribution in [0.15, 0.2) is 217 Å². The van der Waals surface area contributed by atoms with Crippen LogP contribution in [0.4, 0.5) is 0 Å². The number of thioether (sulfide) groups is 4. The Morgan fingerprint density at radius 2 is 0.507 bits per heavy atom. The number of aryl methyl sites for hydroxylation is 3. The second-order valence-electron chi connectivity index (χ2n) is 30.8. The predicted molar refractivity (Wildman–Crippen MR) is 559 cm³/mol. The van der Waals surface area contributed by atoms with E-state index in [-0.39, 0.29) is 64.5 Å². The summed E-state index contributed by atoms with van der Waals surface area (Å²) in [5.74, 6) is 3.53. The van der Waals surface area contributed by atoms with Gasteiger partial charge in [0.05, 0.1) is 32.8 Å². The Kier molecular flexibility index (Phi) is 62.1.